The van der Waals surface area contributed by atoms with E-state index in [1.165, 1.54) is 38.6 Å². The molecule has 6 nitrogen and oxygen atoms in total. The number of nitrogens with one attached hydrogen (secondary N) is 3. The topological polar surface area (TPSA) is 57.6 Å². The molecule has 0 aromatic rings. The summed E-state index contributed by atoms with van der Waals surface area (Å²) in [5.41, 5.74) is 3.30. The van der Waals surface area contributed by atoms with Gasteiger partial charge in [-0.1, -0.05) is 12.8 Å². The molecule has 3 aliphatic heterocycles. The van der Waals surface area contributed by atoms with Gasteiger partial charge in [-0.15, -0.1) is 0 Å². The fourth-order valence-electron chi connectivity index (χ4n) is 5.83. The van der Waals surface area contributed by atoms with Crippen molar-refractivity contribution < 1.29 is 19.4 Å². The van der Waals surface area contributed by atoms with E-state index in [0.717, 1.165) is 32.4 Å². The maximum absolute atomic E-state index is 14.3. The number of hydroxylamine groups is 1. The Bertz CT molecular complexity index is 473. The molecule has 7 heteroatoms. The van der Waals surface area contributed by atoms with Crippen LogP contribution in [0.2, 0.25) is 0 Å². The standard InChI is InChI=1S/C20H38FN5O/c1-25(2)18-10-9-14(12-22-18)19-23-20(27-24-19)17-8-5-11-26(17)13-15-6-3-4-7-16(15)21/h14-20,22-24H,3-13H2,1-2H3/p+2. The Morgan fingerprint density at radius 1 is 1.11 bits per heavy atom. The Hall–Kier alpha value is -0.310. The van der Waals surface area contributed by atoms with Crippen LogP contribution in [-0.4, -0.2) is 69.4 Å². The van der Waals surface area contributed by atoms with E-state index >= 15 is 0 Å². The lowest BCUT2D eigenvalue weighted by Gasteiger charge is -2.33. The van der Waals surface area contributed by atoms with Crippen LogP contribution in [0.25, 0.3) is 0 Å². The van der Waals surface area contributed by atoms with Crippen LogP contribution in [0.1, 0.15) is 51.4 Å². The predicted octanol–water partition coefficient (Wildman–Crippen LogP) is -0.800. The van der Waals surface area contributed by atoms with E-state index in [0.29, 0.717) is 18.1 Å². The summed E-state index contributed by atoms with van der Waals surface area (Å²) in [6.45, 7) is 3.29. The lowest BCUT2D eigenvalue weighted by Crippen LogP contribution is -3.16. The molecule has 8 unspecified atom stereocenters. The van der Waals surface area contributed by atoms with Gasteiger partial charge in [0.1, 0.15) is 18.4 Å². The number of quaternary nitrogens is 2. The SMILES string of the molecule is CN(C)C1CCC(C2NOC(C3CCC[NH+]3CC3CCCCC3F)N2)C[NH2+]1. The van der Waals surface area contributed by atoms with Crippen molar-refractivity contribution in [2.75, 3.05) is 33.7 Å². The van der Waals surface area contributed by atoms with Crippen LogP contribution < -0.4 is 21.0 Å². The number of halogens is 1. The molecular formula is C20H40FN5O+2. The number of likely N-dealkylation sites (tertiary alicyclic amines) is 1. The van der Waals surface area contributed by atoms with Crippen molar-refractivity contribution in [1.29, 1.82) is 0 Å². The summed E-state index contributed by atoms with van der Waals surface area (Å²) in [5.74, 6) is 0.861. The minimum Gasteiger partial charge on any atom is -0.331 e. The van der Waals surface area contributed by atoms with E-state index in [9.17, 15) is 4.39 Å². The van der Waals surface area contributed by atoms with Crippen molar-refractivity contribution in [3.63, 3.8) is 0 Å². The van der Waals surface area contributed by atoms with Gasteiger partial charge in [0.15, 0.2) is 6.23 Å². The van der Waals surface area contributed by atoms with E-state index in [1.54, 1.807) is 4.90 Å². The molecule has 0 aromatic carbocycles. The highest BCUT2D eigenvalue weighted by Gasteiger charge is 2.44. The van der Waals surface area contributed by atoms with E-state index in [1.807, 2.05) is 0 Å². The van der Waals surface area contributed by atoms with Crippen LogP contribution in [0.5, 0.6) is 0 Å². The summed E-state index contributed by atoms with van der Waals surface area (Å²) in [6.07, 6.45) is 9.34. The van der Waals surface area contributed by atoms with Gasteiger partial charge in [-0.05, 0) is 33.4 Å². The van der Waals surface area contributed by atoms with Gasteiger partial charge in [-0.3, -0.25) is 15.1 Å². The molecule has 0 aromatic heterocycles. The maximum Gasteiger partial charge on any atom is 0.183 e. The molecule has 8 atom stereocenters. The number of alkyl halides is 1. The van der Waals surface area contributed by atoms with Gasteiger partial charge >= 0.3 is 0 Å². The quantitative estimate of drug-likeness (QED) is 0.501. The Morgan fingerprint density at radius 2 is 1.96 bits per heavy atom. The summed E-state index contributed by atoms with van der Waals surface area (Å²) in [5, 5.41) is 6.20. The lowest BCUT2D eigenvalue weighted by molar-refractivity contribution is -0.920. The normalized spacial score (nSPS) is 46.2. The van der Waals surface area contributed by atoms with Crippen molar-refractivity contribution in [1.82, 2.24) is 15.7 Å². The molecule has 27 heavy (non-hydrogen) atoms. The number of hydrogen-bond donors (Lipinski definition) is 4. The zero-order valence-electron chi connectivity index (χ0n) is 17.1. The van der Waals surface area contributed by atoms with Crippen molar-refractivity contribution in [2.24, 2.45) is 11.8 Å². The number of nitrogens with two attached hydrogens (primary N) is 1. The summed E-state index contributed by atoms with van der Waals surface area (Å²) in [6, 6.07) is 0.457. The third kappa shape index (κ3) is 4.65. The van der Waals surface area contributed by atoms with E-state index in [4.69, 9.17) is 4.84 Å². The molecule has 4 aliphatic rings. The molecule has 4 fully saturated rings. The molecule has 0 amide bonds. The molecule has 0 bridgehead atoms. The van der Waals surface area contributed by atoms with Crippen LogP contribution in [0.4, 0.5) is 4.39 Å². The zero-order chi connectivity index (χ0) is 18.8. The minimum atomic E-state index is -0.585. The fraction of sp³-hybridized carbons (Fsp3) is 1.00. The zero-order valence-corrected chi connectivity index (χ0v) is 17.1. The third-order valence-electron chi connectivity index (χ3n) is 7.59. The molecule has 4 rings (SSSR count). The van der Waals surface area contributed by atoms with Crippen LogP contribution in [0, 0.1) is 11.8 Å². The first-order valence-electron chi connectivity index (χ1n) is 11.3. The summed E-state index contributed by atoms with van der Waals surface area (Å²) >= 11 is 0. The summed E-state index contributed by atoms with van der Waals surface area (Å²) < 4.78 is 14.3. The smallest absolute Gasteiger partial charge is 0.183 e. The first kappa shape index (κ1) is 20.0. The van der Waals surface area contributed by atoms with Gasteiger partial charge in [0.2, 0.25) is 0 Å². The van der Waals surface area contributed by atoms with Crippen molar-refractivity contribution in [3.8, 4) is 0 Å². The van der Waals surface area contributed by atoms with Crippen LogP contribution in [0.15, 0.2) is 0 Å². The van der Waals surface area contributed by atoms with Gasteiger partial charge in [-0.2, -0.15) is 5.48 Å². The largest absolute Gasteiger partial charge is 0.331 e. The van der Waals surface area contributed by atoms with Crippen LogP contribution >= 0.6 is 0 Å². The van der Waals surface area contributed by atoms with Gasteiger partial charge in [0.25, 0.3) is 0 Å². The first-order valence-corrected chi connectivity index (χ1v) is 11.3. The average molecular weight is 386 g/mol. The molecule has 1 aliphatic carbocycles. The predicted molar refractivity (Wildman–Crippen MR) is 102 cm³/mol. The highest BCUT2D eigenvalue weighted by molar-refractivity contribution is 4.84. The minimum absolute atomic E-state index is 0.0701. The van der Waals surface area contributed by atoms with Gasteiger partial charge in [0.05, 0.1) is 25.8 Å². The Morgan fingerprint density at radius 3 is 2.70 bits per heavy atom. The van der Waals surface area contributed by atoms with Crippen molar-refractivity contribution in [3.05, 3.63) is 0 Å². The molecule has 156 valence electrons. The highest BCUT2D eigenvalue weighted by atomic mass is 19.1. The van der Waals surface area contributed by atoms with Crippen molar-refractivity contribution in [2.45, 2.75) is 82.1 Å². The molecule has 0 radical (unpaired) electrons. The highest BCUT2D eigenvalue weighted by Crippen LogP contribution is 2.26. The van der Waals surface area contributed by atoms with Gasteiger partial charge < -0.3 is 10.2 Å². The lowest BCUT2D eigenvalue weighted by atomic mass is 9.87. The molecule has 3 saturated heterocycles. The average Bonchev–Trinajstić information content (AvgIpc) is 3.33. The second-order valence-electron chi connectivity index (χ2n) is 9.56. The van der Waals surface area contributed by atoms with Crippen molar-refractivity contribution >= 4 is 0 Å². The number of piperidine rings is 1. The molecule has 5 N–H and O–H groups in total. The van der Waals surface area contributed by atoms with E-state index < -0.39 is 6.17 Å². The molecule has 1 saturated carbocycles. The number of hydrogen-bond acceptors (Lipinski definition) is 4. The van der Waals surface area contributed by atoms with Crippen LogP contribution in [0.3, 0.4) is 0 Å². The number of nitrogens with zero attached hydrogens (tertiary/aromatic N) is 1. The Labute approximate surface area is 163 Å². The summed E-state index contributed by atoms with van der Waals surface area (Å²) in [7, 11) is 4.33. The monoisotopic (exact) mass is 385 g/mol. The second kappa shape index (κ2) is 9.01. The van der Waals surface area contributed by atoms with E-state index in [2.05, 4.69) is 35.1 Å². The molecular weight excluding hydrogens is 345 g/mol. The van der Waals surface area contributed by atoms with Gasteiger partial charge in [0, 0.05) is 31.1 Å². The van der Waals surface area contributed by atoms with Gasteiger partial charge in [-0.25, -0.2) is 4.39 Å². The van der Waals surface area contributed by atoms with Crippen LogP contribution in [-0.2, 0) is 4.84 Å². The first-order chi connectivity index (χ1) is 13.1. The maximum atomic E-state index is 14.3. The molecule has 3 heterocycles. The summed E-state index contributed by atoms with van der Waals surface area (Å²) in [4.78, 5) is 9.90. The number of rotatable bonds is 5. The fourth-order valence-corrected chi connectivity index (χ4v) is 5.83. The second-order valence-corrected chi connectivity index (χ2v) is 9.56. The van der Waals surface area contributed by atoms with E-state index in [-0.39, 0.29) is 18.3 Å². The Balaban J connectivity index is 1.28. The third-order valence-corrected chi connectivity index (χ3v) is 7.59. The Kier molecular flexibility index (Phi) is 6.67. The molecule has 0 spiro atoms.